The van der Waals surface area contributed by atoms with Gasteiger partial charge in [-0.1, -0.05) is 0 Å². The van der Waals surface area contributed by atoms with Crippen LogP contribution in [0.5, 0.6) is 0 Å². The van der Waals surface area contributed by atoms with Gasteiger partial charge in [-0.25, -0.2) is 0 Å². The van der Waals surface area contributed by atoms with Crippen LogP contribution in [0.1, 0.15) is 32.1 Å². The molecule has 1 saturated carbocycles. The van der Waals surface area contributed by atoms with Crippen LogP contribution in [-0.4, -0.2) is 54.5 Å². The molecule has 0 amide bonds. The number of guanidine groups is 1. The van der Waals surface area contributed by atoms with E-state index >= 15 is 0 Å². The zero-order chi connectivity index (χ0) is 16.9. The maximum Gasteiger partial charge on any atom is 0.391 e. The van der Waals surface area contributed by atoms with Crippen molar-refractivity contribution in [2.45, 2.75) is 43.9 Å². The van der Waals surface area contributed by atoms with Gasteiger partial charge >= 0.3 is 6.18 Å². The van der Waals surface area contributed by atoms with E-state index < -0.39 is 17.7 Å². The summed E-state index contributed by atoms with van der Waals surface area (Å²) in [4.78, 5) is 4.12. The largest absolute Gasteiger partial charge is 0.391 e. The summed E-state index contributed by atoms with van der Waals surface area (Å²) in [5.74, 6) is 1.40. The van der Waals surface area contributed by atoms with Gasteiger partial charge in [0.25, 0.3) is 0 Å². The molecule has 1 saturated heterocycles. The highest BCUT2D eigenvalue weighted by atomic mass is 127. The van der Waals surface area contributed by atoms with Crippen LogP contribution < -0.4 is 10.6 Å². The van der Waals surface area contributed by atoms with E-state index in [2.05, 4.69) is 15.6 Å². The predicted octanol–water partition coefficient (Wildman–Crippen LogP) is 3.01. The van der Waals surface area contributed by atoms with Gasteiger partial charge in [0.05, 0.1) is 11.5 Å². The molecule has 0 bridgehead atoms. The number of nitrogens with one attached hydrogen (secondary N) is 2. The molecular weight excluding hydrogens is 454 g/mol. The highest BCUT2D eigenvalue weighted by molar-refractivity contribution is 14.0. The van der Waals surface area contributed by atoms with Crippen molar-refractivity contribution in [3.63, 3.8) is 0 Å². The Morgan fingerprint density at radius 2 is 1.92 bits per heavy atom. The highest BCUT2D eigenvalue weighted by Crippen LogP contribution is 2.39. The van der Waals surface area contributed by atoms with E-state index in [0.29, 0.717) is 31.9 Å². The van der Waals surface area contributed by atoms with Crippen molar-refractivity contribution in [3.8, 4) is 0 Å². The smallest absolute Gasteiger partial charge is 0.387 e. The van der Waals surface area contributed by atoms with Crippen molar-refractivity contribution in [2.75, 3.05) is 31.6 Å². The summed E-state index contributed by atoms with van der Waals surface area (Å²) in [6.45, 7) is 1.07. The molecule has 2 rings (SSSR count). The van der Waals surface area contributed by atoms with Crippen molar-refractivity contribution in [1.29, 1.82) is 0 Å². The van der Waals surface area contributed by atoms with Crippen LogP contribution in [-0.2, 0) is 0 Å². The van der Waals surface area contributed by atoms with Crippen molar-refractivity contribution >= 4 is 41.7 Å². The molecule has 0 aromatic rings. The number of thioether (sulfide) groups is 1. The van der Waals surface area contributed by atoms with Crippen LogP contribution in [0.3, 0.4) is 0 Å². The third-order valence-electron chi connectivity index (χ3n) is 4.76. The van der Waals surface area contributed by atoms with Crippen molar-refractivity contribution in [1.82, 2.24) is 10.6 Å². The van der Waals surface area contributed by atoms with Crippen molar-refractivity contribution < 1.29 is 18.3 Å². The van der Waals surface area contributed by atoms with Crippen LogP contribution in [0.4, 0.5) is 13.2 Å². The third-order valence-corrected chi connectivity index (χ3v) is 5.99. The molecule has 0 spiro atoms. The van der Waals surface area contributed by atoms with Gasteiger partial charge in [-0.2, -0.15) is 24.9 Å². The first kappa shape index (κ1) is 22.1. The minimum Gasteiger partial charge on any atom is -0.387 e. The zero-order valence-corrected chi connectivity index (χ0v) is 17.0. The SMILES string of the molecule is CN=C(NCC1CCC(C(F)(F)F)CC1)NCC1(O)CCSC1.I. The second kappa shape index (κ2) is 9.70. The topological polar surface area (TPSA) is 56.7 Å². The maximum absolute atomic E-state index is 12.7. The molecule has 1 heterocycles. The molecule has 1 atom stereocenters. The van der Waals surface area contributed by atoms with E-state index in [1.54, 1.807) is 18.8 Å². The summed E-state index contributed by atoms with van der Waals surface area (Å²) in [6, 6.07) is 0. The standard InChI is InChI=1S/C15H26F3N3OS.HI/c1-19-13(21-9-14(22)6-7-23-10-14)20-8-11-2-4-12(5-3-11)15(16,17)18;/h11-12,22H,2-10H2,1H3,(H2,19,20,21);1H. The Bertz CT molecular complexity index is 409. The fraction of sp³-hybridized carbons (Fsp3) is 0.933. The second-order valence-electron chi connectivity index (χ2n) is 6.59. The minimum absolute atomic E-state index is 0. The lowest BCUT2D eigenvalue weighted by Gasteiger charge is -2.30. The van der Waals surface area contributed by atoms with Gasteiger partial charge in [-0.15, -0.1) is 24.0 Å². The fourth-order valence-electron chi connectivity index (χ4n) is 3.14. The molecule has 9 heteroatoms. The second-order valence-corrected chi connectivity index (χ2v) is 7.70. The number of alkyl halides is 3. The molecule has 2 fully saturated rings. The Morgan fingerprint density at radius 3 is 2.42 bits per heavy atom. The van der Waals surface area contributed by atoms with E-state index in [1.807, 2.05) is 0 Å². The van der Waals surface area contributed by atoms with Crippen LogP contribution in [0.25, 0.3) is 0 Å². The first-order valence-corrected chi connectivity index (χ1v) is 9.29. The van der Waals surface area contributed by atoms with Gasteiger partial charge in [-0.3, -0.25) is 4.99 Å². The van der Waals surface area contributed by atoms with E-state index in [0.717, 1.165) is 17.9 Å². The van der Waals surface area contributed by atoms with Gasteiger partial charge in [0, 0.05) is 25.9 Å². The Morgan fingerprint density at radius 1 is 1.25 bits per heavy atom. The Kier molecular flexibility index (Phi) is 8.95. The average molecular weight is 481 g/mol. The molecule has 1 aliphatic carbocycles. The molecule has 0 aromatic heterocycles. The normalized spacial score (nSPS) is 31.5. The molecule has 24 heavy (non-hydrogen) atoms. The number of nitrogens with zero attached hydrogens (tertiary/aromatic N) is 1. The Balaban J connectivity index is 0.00000288. The average Bonchev–Trinajstić information content (AvgIpc) is 2.94. The molecule has 1 aliphatic heterocycles. The van der Waals surface area contributed by atoms with E-state index in [9.17, 15) is 18.3 Å². The van der Waals surface area contributed by atoms with Gasteiger partial charge in [0.2, 0.25) is 0 Å². The van der Waals surface area contributed by atoms with Crippen LogP contribution >= 0.6 is 35.7 Å². The van der Waals surface area contributed by atoms with E-state index in [-0.39, 0.29) is 42.7 Å². The monoisotopic (exact) mass is 481 g/mol. The number of aliphatic imine (C=N–C) groups is 1. The van der Waals surface area contributed by atoms with Crippen LogP contribution in [0.2, 0.25) is 0 Å². The predicted molar refractivity (Wildman–Crippen MR) is 103 cm³/mol. The van der Waals surface area contributed by atoms with Gasteiger partial charge in [0.1, 0.15) is 0 Å². The lowest BCUT2D eigenvalue weighted by Crippen LogP contribution is -2.48. The van der Waals surface area contributed by atoms with Crippen molar-refractivity contribution in [2.24, 2.45) is 16.8 Å². The molecule has 142 valence electrons. The zero-order valence-electron chi connectivity index (χ0n) is 13.9. The number of aliphatic hydroxyl groups is 1. The lowest BCUT2D eigenvalue weighted by molar-refractivity contribution is -0.183. The number of hydrogen-bond acceptors (Lipinski definition) is 3. The molecule has 0 radical (unpaired) electrons. The minimum atomic E-state index is -4.05. The number of halogens is 4. The summed E-state index contributed by atoms with van der Waals surface area (Å²) in [5, 5.41) is 16.6. The quantitative estimate of drug-likeness (QED) is 0.329. The van der Waals surface area contributed by atoms with Gasteiger partial charge in [-0.05, 0) is 43.8 Å². The molecule has 0 aromatic carbocycles. The van der Waals surface area contributed by atoms with E-state index in [4.69, 9.17) is 0 Å². The van der Waals surface area contributed by atoms with Crippen LogP contribution in [0.15, 0.2) is 4.99 Å². The molecule has 2 aliphatic rings. The number of rotatable bonds is 4. The fourth-order valence-corrected chi connectivity index (χ4v) is 4.43. The summed E-state index contributed by atoms with van der Waals surface area (Å²) in [5.41, 5.74) is -0.687. The molecular formula is C15H27F3IN3OS. The summed E-state index contributed by atoms with van der Waals surface area (Å²) in [7, 11) is 1.66. The Hall–Kier alpha value is 0.1000. The van der Waals surface area contributed by atoms with Gasteiger partial charge < -0.3 is 15.7 Å². The summed E-state index contributed by atoms with van der Waals surface area (Å²) >= 11 is 1.74. The first-order chi connectivity index (χ1) is 10.8. The van der Waals surface area contributed by atoms with Crippen LogP contribution in [0, 0.1) is 11.8 Å². The summed E-state index contributed by atoms with van der Waals surface area (Å²) < 4.78 is 38.0. The third kappa shape index (κ3) is 6.78. The maximum atomic E-state index is 12.7. The Labute approximate surface area is 162 Å². The van der Waals surface area contributed by atoms with Gasteiger partial charge in [0.15, 0.2) is 5.96 Å². The van der Waals surface area contributed by atoms with Crippen molar-refractivity contribution in [3.05, 3.63) is 0 Å². The number of hydrogen-bond donors (Lipinski definition) is 3. The molecule has 4 nitrogen and oxygen atoms in total. The molecule has 1 unspecified atom stereocenters. The first-order valence-electron chi connectivity index (χ1n) is 8.14. The lowest BCUT2D eigenvalue weighted by atomic mass is 9.81. The summed E-state index contributed by atoms with van der Waals surface area (Å²) in [6.07, 6.45) is -1.66. The molecule has 3 N–H and O–H groups in total. The highest BCUT2D eigenvalue weighted by Gasteiger charge is 2.41. The van der Waals surface area contributed by atoms with E-state index in [1.165, 1.54) is 0 Å².